The molecule has 0 spiro atoms. The van der Waals surface area contributed by atoms with Crippen molar-refractivity contribution >= 4 is 34.6 Å². The summed E-state index contributed by atoms with van der Waals surface area (Å²) < 4.78 is 5.15. The highest BCUT2D eigenvalue weighted by Crippen LogP contribution is 2.39. The number of nitrogens with zero attached hydrogens (tertiary/aromatic N) is 2. The molecule has 1 saturated carbocycles. The van der Waals surface area contributed by atoms with Crippen LogP contribution in [0.3, 0.4) is 0 Å². The molecule has 0 bridgehead atoms. The highest BCUT2D eigenvalue weighted by molar-refractivity contribution is 6.16. The predicted octanol–water partition coefficient (Wildman–Crippen LogP) is 4.17. The Morgan fingerprint density at radius 3 is 2.66 bits per heavy atom. The Morgan fingerprint density at radius 2 is 1.93 bits per heavy atom. The van der Waals surface area contributed by atoms with Gasteiger partial charge in [0, 0.05) is 11.4 Å². The minimum atomic E-state index is -0.242. The van der Waals surface area contributed by atoms with E-state index in [1.54, 1.807) is 36.3 Å². The first kappa shape index (κ1) is 19.2. The van der Waals surface area contributed by atoms with Crippen LogP contribution in [0.2, 0.25) is 0 Å². The van der Waals surface area contributed by atoms with E-state index in [0.717, 1.165) is 47.5 Å². The summed E-state index contributed by atoms with van der Waals surface area (Å²) in [4.78, 5) is 32.5. The number of aliphatic imine (C=N–C) groups is 1. The van der Waals surface area contributed by atoms with Gasteiger partial charge in [0.2, 0.25) is 11.8 Å². The van der Waals surface area contributed by atoms with E-state index in [4.69, 9.17) is 9.73 Å². The van der Waals surface area contributed by atoms with Crippen molar-refractivity contribution < 1.29 is 14.3 Å². The first-order valence-corrected chi connectivity index (χ1v) is 9.90. The molecule has 1 heterocycles. The van der Waals surface area contributed by atoms with E-state index >= 15 is 0 Å². The van der Waals surface area contributed by atoms with Crippen LogP contribution in [0.4, 0.5) is 17.1 Å². The largest absolute Gasteiger partial charge is 0.497 e. The van der Waals surface area contributed by atoms with Gasteiger partial charge in [-0.1, -0.05) is 0 Å². The van der Waals surface area contributed by atoms with Gasteiger partial charge in [0.05, 0.1) is 24.4 Å². The van der Waals surface area contributed by atoms with Crippen LogP contribution in [-0.4, -0.2) is 31.2 Å². The number of hydrogen-bond donors (Lipinski definition) is 1. The number of nitrogens with one attached hydrogen (secondary N) is 1. The molecule has 2 aliphatic rings. The number of hydrogen-bond acceptors (Lipinski definition) is 4. The zero-order chi connectivity index (χ0) is 20.5. The average molecular weight is 391 g/mol. The van der Waals surface area contributed by atoms with Gasteiger partial charge in [-0.15, -0.1) is 0 Å². The lowest BCUT2D eigenvalue weighted by Gasteiger charge is -2.25. The van der Waals surface area contributed by atoms with E-state index in [-0.39, 0.29) is 24.3 Å². The molecule has 29 heavy (non-hydrogen) atoms. The van der Waals surface area contributed by atoms with E-state index < -0.39 is 0 Å². The summed E-state index contributed by atoms with van der Waals surface area (Å²) in [5, 5.41) is 2.87. The van der Waals surface area contributed by atoms with Crippen LogP contribution in [0.25, 0.3) is 0 Å². The highest BCUT2D eigenvalue weighted by Gasteiger charge is 2.37. The number of carbonyl (C=O) groups excluding carboxylic acids is 2. The molecule has 6 nitrogen and oxygen atoms in total. The number of rotatable bonds is 4. The summed E-state index contributed by atoms with van der Waals surface area (Å²) >= 11 is 0. The molecule has 4 rings (SSSR count). The zero-order valence-corrected chi connectivity index (χ0v) is 17.0. The van der Waals surface area contributed by atoms with E-state index in [1.807, 2.05) is 26.0 Å². The Bertz CT molecular complexity index is 995. The lowest BCUT2D eigenvalue weighted by molar-refractivity contribution is -0.122. The second-order valence-corrected chi connectivity index (χ2v) is 7.67. The molecule has 1 N–H and O–H groups in total. The fraction of sp³-hybridized carbons (Fsp3) is 0.348. The second kappa shape index (κ2) is 7.70. The third-order valence-electron chi connectivity index (χ3n) is 5.71. The molecule has 0 saturated heterocycles. The van der Waals surface area contributed by atoms with Gasteiger partial charge < -0.3 is 15.0 Å². The van der Waals surface area contributed by atoms with Crippen LogP contribution in [0.15, 0.2) is 41.4 Å². The van der Waals surface area contributed by atoms with E-state index in [0.29, 0.717) is 11.4 Å². The third-order valence-corrected chi connectivity index (χ3v) is 5.71. The molecule has 2 aromatic carbocycles. The fourth-order valence-corrected chi connectivity index (χ4v) is 3.96. The van der Waals surface area contributed by atoms with Gasteiger partial charge in [-0.3, -0.25) is 14.6 Å². The maximum absolute atomic E-state index is 13.3. The number of benzene rings is 2. The average Bonchev–Trinajstić information content (AvgIpc) is 3.14. The lowest BCUT2D eigenvalue weighted by atomic mass is 10.0. The van der Waals surface area contributed by atoms with E-state index in [2.05, 4.69) is 5.32 Å². The maximum Gasteiger partial charge on any atom is 0.244 e. The Kier molecular flexibility index (Phi) is 5.09. The third kappa shape index (κ3) is 3.75. The maximum atomic E-state index is 13.3. The molecule has 150 valence electrons. The van der Waals surface area contributed by atoms with Gasteiger partial charge in [-0.05, 0) is 80.6 Å². The minimum absolute atomic E-state index is 0.0341. The Morgan fingerprint density at radius 1 is 1.21 bits per heavy atom. The van der Waals surface area contributed by atoms with Gasteiger partial charge in [-0.2, -0.15) is 0 Å². The summed E-state index contributed by atoms with van der Waals surface area (Å²) in [5.74, 6) is 0.218. The van der Waals surface area contributed by atoms with E-state index in [9.17, 15) is 9.59 Å². The quantitative estimate of drug-likeness (QED) is 0.850. The minimum Gasteiger partial charge on any atom is -0.497 e. The summed E-state index contributed by atoms with van der Waals surface area (Å²) in [6.45, 7) is 4.00. The van der Waals surface area contributed by atoms with Crippen molar-refractivity contribution in [2.24, 2.45) is 10.9 Å². The van der Waals surface area contributed by atoms with Crippen LogP contribution < -0.4 is 15.0 Å². The molecule has 0 aromatic heterocycles. The number of carbonyl (C=O) groups is 2. The first-order valence-electron chi connectivity index (χ1n) is 9.90. The summed E-state index contributed by atoms with van der Waals surface area (Å²) in [7, 11) is 1.60. The van der Waals surface area contributed by atoms with Gasteiger partial charge in [0.15, 0.2) is 0 Å². The highest BCUT2D eigenvalue weighted by atomic mass is 16.5. The van der Waals surface area contributed by atoms with Gasteiger partial charge >= 0.3 is 0 Å². The Labute approximate surface area is 170 Å². The molecule has 1 aliphatic heterocycles. The van der Waals surface area contributed by atoms with Crippen molar-refractivity contribution in [3.8, 4) is 5.75 Å². The molecule has 0 unspecified atom stereocenters. The van der Waals surface area contributed by atoms with Gasteiger partial charge in [0.25, 0.3) is 0 Å². The molecule has 2 aromatic rings. The number of anilines is 2. The number of fused-ring (bicyclic) bond motifs is 2. The molecule has 1 aliphatic carbocycles. The SMILES string of the molecule is COc1ccc(NC(=O)CN2C(=O)[C@@H]3CCCC3=Nc3cc(C)c(C)cc32)cc1. The first-order chi connectivity index (χ1) is 14.0. The lowest BCUT2D eigenvalue weighted by Crippen LogP contribution is -2.41. The van der Waals surface area contributed by atoms with Crippen LogP contribution in [-0.2, 0) is 9.59 Å². The molecule has 2 amide bonds. The van der Waals surface area contributed by atoms with Crippen LogP contribution in [0.5, 0.6) is 5.75 Å². The van der Waals surface area contributed by atoms with Crippen LogP contribution in [0.1, 0.15) is 30.4 Å². The predicted molar refractivity (Wildman–Crippen MR) is 114 cm³/mol. The van der Waals surface area contributed by atoms with Crippen molar-refractivity contribution in [2.45, 2.75) is 33.1 Å². The number of aryl methyl sites for hydroxylation is 2. The molecular formula is C23H25N3O3. The molecule has 1 fully saturated rings. The molecular weight excluding hydrogens is 366 g/mol. The van der Waals surface area contributed by atoms with Gasteiger partial charge in [0.1, 0.15) is 12.3 Å². The van der Waals surface area contributed by atoms with Gasteiger partial charge in [-0.25, -0.2) is 0 Å². The zero-order valence-electron chi connectivity index (χ0n) is 17.0. The van der Waals surface area contributed by atoms with Crippen LogP contribution in [0, 0.1) is 19.8 Å². The smallest absolute Gasteiger partial charge is 0.244 e. The second-order valence-electron chi connectivity index (χ2n) is 7.67. The normalized spacial score (nSPS) is 17.9. The summed E-state index contributed by atoms with van der Waals surface area (Å²) in [5.41, 5.74) is 5.29. The topological polar surface area (TPSA) is 71.0 Å². The Hall–Kier alpha value is -3.15. The monoisotopic (exact) mass is 391 g/mol. The molecule has 6 heteroatoms. The van der Waals surface area contributed by atoms with Crippen molar-refractivity contribution in [1.82, 2.24) is 0 Å². The van der Waals surface area contributed by atoms with Crippen molar-refractivity contribution in [3.05, 3.63) is 47.5 Å². The number of methoxy groups -OCH3 is 1. The number of ether oxygens (including phenoxy) is 1. The standard InChI is InChI=1S/C23H25N3O3/c1-14-11-20-21(12-15(14)2)26(23(28)18-5-4-6-19(18)25-20)13-22(27)24-16-7-9-17(29-3)10-8-16/h7-12,18H,4-6,13H2,1-3H3,(H,24,27)/t18-/m1/s1. The summed E-state index contributed by atoms with van der Waals surface area (Å²) in [6, 6.07) is 11.1. The van der Waals surface area contributed by atoms with E-state index in [1.165, 1.54) is 0 Å². The molecule has 1 atom stereocenters. The van der Waals surface area contributed by atoms with Crippen molar-refractivity contribution in [1.29, 1.82) is 0 Å². The summed E-state index contributed by atoms with van der Waals surface area (Å²) in [6.07, 6.45) is 2.59. The van der Waals surface area contributed by atoms with Crippen LogP contribution >= 0.6 is 0 Å². The fourth-order valence-electron chi connectivity index (χ4n) is 3.96. The Balaban J connectivity index is 1.62. The van der Waals surface area contributed by atoms with Crippen molar-refractivity contribution in [3.63, 3.8) is 0 Å². The molecule has 0 radical (unpaired) electrons. The number of amides is 2. The van der Waals surface area contributed by atoms with Crippen molar-refractivity contribution in [2.75, 3.05) is 23.9 Å².